The third-order valence-corrected chi connectivity index (χ3v) is 7.57. The van der Waals surface area contributed by atoms with Crippen LogP contribution in [-0.2, 0) is 10.0 Å². The molecule has 31 heavy (non-hydrogen) atoms. The van der Waals surface area contributed by atoms with Crippen molar-refractivity contribution in [3.05, 3.63) is 78.9 Å². The molecule has 5 rings (SSSR count). The van der Waals surface area contributed by atoms with Gasteiger partial charge in [-0.25, -0.2) is 18.4 Å². The SMILES string of the molecule is Cc1nc(N2CCN(S(=O)(=O)c3cccc4ccccc34)CC2)cc(-n2cccc2)n1. The summed E-state index contributed by atoms with van der Waals surface area (Å²) >= 11 is 0. The first-order valence-corrected chi connectivity index (χ1v) is 11.7. The van der Waals surface area contributed by atoms with E-state index in [1.54, 1.807) is 16.4 Å². The molecule has 158 valence electrons. The maximum atomic E-state index is 13.4. The summed E-state index contributed by atoms with van der Waals surface area (Å²) in [6.45, 7) is 3.84. The molecule has 1 aliphatic rings. The molecule has 2 aromatic heterocycles. The molecule has 0 amide bonds. The minimum atomic E-state index is -3.58. The summed E-state index contributed by atoms with van der Waals surface area (Å²) in [5, 5.41) is 1.69. The molecule has 0 atom stereocenters. The number of aromatic nitrogens is 3. The molecule has 1 saturated heterocycles. The lowest BCUT2D eigenvalue weighted by Gasteiger charge is -2.35. The molecule has 7 nitrogen and oxygen atoms in total. The molecule has 0 bridgehead atoms. The van der Waals surface area contributed by atoms with Crippen molar-refractivity contribution in [2.24, 2.45) is 0 Å². The van der Waals surface area contributed by atoms with Gasteiger partial charge in [0.15, 0.2) is 0 Å². The Morgan fingerprint density at radius 1 is 0.806 bits per heavy atom. The monoisotopic (exact) mass is 433 g/mol. The maximum absolute atomic E-state index is 13.4. The van der Waals surface area contributed by atoms with Gasteiger partial charge in [-0.1, -0.05) is 36.4 Å². The summed E-state index contributed by atoms with van der Waals surface area (Å²) in [5.74, 6) is 2.31. The molecule has 0 spiro atoms. The van der Waals surface area contributed by atoms with E-state index in [-0.39, 0.29) is 0 Å². The normalized spacial score (nSPS) is 15.5. The van der Waals surface area contributed by atoms with Crippen LogP contribution in [0.2, 0.25) is 0 Å². The highest BCUT2D eigenvalue weighted by molar-refractivity contribution is 7.89. The highest BCUT2D eigenvalue weighted by atomic mass is 32.2. The smallest absolute Gasteiger partial charge is 0.243 e. The van der Waals surface area contributed by atoms with Crippen LogP contribution in [0.4, 0.5) is 5.82 Å². The standard InChI is InChI=1S/C23H23N5O2S/c1-18-24-22(26-11-4-5-12-26)17-23(25-18)27-13-15-28(16-14-27)31(29,30)21-10-6-8-19-7-2-3-9-20(19)21/h2-12,17H,13-16H2,1H3. The molecular weight excluding hydrogens is 410 g/mol. The first kappa shape index (κ1) is 19.7. The van der Waals surface area contributed by atoms with Crippen molar-refractivity contribution in [3.63, 3.8) is 0 Å². The van der Waals surface area contributed by atoms with E-state index in [1.165, 1.54) is 0 Å². The average Bonchev–Trinajstić information content (AvgIpc) is 3.33. The number of fused-ring (bicyclic) bond motifs is 1. The lowest BCUT2D eigenvalue weighted by molar-refractivity contribution is 0.384. The van der Waals surface area contributed by atoms with Gasteiger partial charge in [-0.2, -0.15) is 4.31 Å². The number of rotatable bonds is 4. The van der Waals surface area contributed by atoms with Crippen molar-refractivity contribution < 1.29 is 8.42 Å². The van der Waals surface area contributed by atoms with Crippen molar-refractivity contribution in [1.29, 1.82) is 0 Å². The van der Waals surface area contributed by atoms with Crippen LogP contribution in [0.25, 0.3) is 16.6 Å². The lowest BCUT2D eigenvalue weighted by atomic mass is 10.1. The molecular formula is C23H23N5O2S. The first-order valence-electron chi connectivity index (χ1n) is 10.2. The molecule has 3 heterocycles. The van der Waals surface area contributed by atoms with E-state index < -0.39 is 10.0 Å². The zero-order valence-electron chi connectivity index (χ0n) is 17.2. The number of sulfonamides is 1. The Kier molecular flexibility index (Phi) is 4.95. The van der Waals surface area contributed by atoms with Gasteiger partial charge in [0, 0.05) is 50.0 Å². The minimum absolute atomic E-state index is 0.367. The number of hydrogen-bond acceptors (Lipinski definition) is 5. The van der Waals surface area contributed by atoms with Crippen molar-refractivity contribution >= 4 is 26.6 Å². The molecule has 0 unspecified atom stereocenters. The largest absolute Gasteiger partial charge is 0.354 e. The van der Waals surface area contributed by atoms with Gasteiger partial charge in [0.25, 0.3) is 0 Å². The molecule has 1 aliphatic heterocycles. The summed E-state index contributed by atoms with van der Waals surface area (Å²) in [4.78, 5) is 11.6. The fourth-order valence-corrected chi connectivity index (χ4v) is 5.67. The third-order valence-electron chi connectivity index (χ3n) is 5.61. The highest BCUT2D eigenvalue weighted by Crippen LogP contribution is 2.27. The van der Waals surface area contributed by atoms with E-state index >= 15 is 0 Å². The van der Waals surface area contributed by atoms with Crippen LogP contribution in [0, 0.1) is 6.92 Å². The Bertz CT molecular complexity index is 1320. The van der Waals surface area contributed by atoms with Crippen molar-refractivity contribution in [1.82, 2.24) is 18.8 Å². The van der Waals surface area contributed by atoms with Crippen LogP contribution >= 0.6 is 0 Å². The Morgan fingerprint density at radius 2 is 1.48 bits per heavy atom. The van der Waals surface area contributed by atoms with Crippen LogP contribution in [0.5, 0.6) is 0 Å². The van der Waals surface area contributed by atoms with Gasteiger partial charge >= 0.3 is 0 Å². The zero-order valence-corrected chi connectivity index (χ0v) is 18.0. The van der Waals surface area contributed by atoms with E-state index in [9.17, 15) is 8.42 Å². The molecule has 0 aliphatic carbocycles. The summed E-state index contributed by atoms with van der Waals surface area (Å²) in [5.41, 5.74) is 0. The van der Waals surface area contributed by atoms with Gasteiger partial charge in [-0.15, -0.1) is 0 Å². The number of nitrogens with zero attached hydrogens (tertiary/aromatic N) is 5. The first-order chi connectivity index (χ1) is 15.0. The molecule has 0 N–H and O–H groups in total. The summed E-state index contributed by atoms with van der Waals surface area (Å²) in [6.07, 6.45) is 3.89. The Hall–Kier alpha value is -3.23. The molecule has 0 saturated carbocycles. The minimum Gasteiger partial charge on any atom is -0.354 e. The van der Waals surface area contributed by atoms with Gasteiger partial charge in [0.2, 0.25) is 10.0 Å². The molecule has 1 fully saturated rings. The van der Waals surface area contributed by atoms with Crippen LogP contribution in [0.1, 0.15) is 5.82 Å². The fraction of sp³-hybridized carbons (Fsp3) is 0.217. The molecule has 4 aromatic rings. The maximum Gasteiger partial charge on any atom is 0.243 e. The van der Waals surface area contributed by atoms with E-state index in [2.05, 4.69) is 14.9 Å². The molecule has 8 heteroatoms. The predicted octanol–water partition coefficient (Wildman–Crippen LogP) is 3.24. The number of piperazine rings is 1. The predicted molar refractivity (Wildman–Crippen MR) is 121 cm³/mol. The zero-order chi connectivity index (χ0) is 21.4. The van der Waals surface area contributed by atoms with Gasteiger partial charge < -0.3 is 9.47 Å². The fourth-order valence-electron chi connectivity index (χ4n) is 4.04. The number of aryl methyl sites for hydroxylation is 1. The van der Waals surface area contributed by atoms with Crippen molar-refractivity contribution in [3.8, 4) is 5.82 Å². The van der Waals surface area contributed by atoms with E-state index in [0.717, 1.165) is 22.4 Å². The van der Waals surface area contributed by atoms with Crippen molar-refractivity contribution in [2.45, 2.75) is 11.8 Å². The quantitative estimate of drug-likeness (QED) is 0.494. The van der Waals surface area contributed by atoms with E-state index in [0.29, 0.717) is 36.9 Å². The summed E-state index contributed by atoms with van der Waals surface area (Å²) < 4.78 is 30.3. The van der Waals surface area contributed by atoms with Crippen molar-refractivity contribution in [2.75, 3.05) is 31.1 Å². The van der Waals surface area contributed by atoms with Crippen LogP contribution in [0.3, 0.4) is 0 Å². The number of hydrogen-bond donors (Lipinski definition) is 0. The third kappa shape index (κ3) is 3.68. The second-order valence-electron chi connectivity index (χ2n) is 7.59. The molecule has 2 aromatic carbocycles. The second-order valence-corrected chi connectivity index (χ2v) is 9.50. The summed E-state index contributed by atoms with van der Waals surface area (Å²) in [7, 11) is -3.58. The van der Waals surface area contributed by atoms with E-state index in [4.69, 9.17) is 0 Å². The van der Waals surface area contributed by atoms with Gasteiger partial charge in [0.1, 0.15) is 17.5 Å². The molecule has 0 radical (unpaired) electrons. The number of benzene rings is 2. The Balaban J connectivity index is 1.38. The Morgan fingerprint density at radius 3 is 2.26 bits per heavy atom. The topological polar surface area (TPSA) is 71.3 Å². The van der Waals surface area contributed by atoms with Crippen LogP contribution in [-0.4, -0.2) is 53.4 Å². The van der Waals surface area contributed by atoms with E-state index in [1.807, 2.05) is 72.4 Å². The summed E-state index contributed by atoms with van der Waals surface area (Å²) in [6, 6.07) is 18.9. The Labute approximate surface area is 181 Å². The van der Waals surface area contributed by atoms with Gasteiger partial charge in [-0.3, -0.25) is 0 Å². The highest BCUT2D eigenvalue weighted by Gasteiger charge is 2.30. The number of anilines is 1. The van der Waals surface area contributed by atoms with Gasteiger partial charge in [-0.05, 0) is 30.5 Å². The average molecular weight is 434 g/mol. The lowest BCUT2D eigenvalue weighted by Crippen LogP contribution is -2.49. The van der Waals surface area contributed by atoms with Crippen LogP contribution < -0.4 is 4.90 Å². The second kappa shape index (κ2) is 7.79. The van der Waals surface area contributed by atoms with Gasteiger partial charge in [0.05, 0.1) is 4.90 Å². The van der Waals surface area contributed by atoms with Crippen LogP contribution in [0.15, 0.2) is 78.0 Å².